The fourth-order valence-corrected chi connectivity index (χ4v) is 1.37. The molecule has 0 unspecified atom stereocenters. The van der Waals surface area contributed by atoms with Crippen LogP contribution < -0.4 is 0 Å². The molecule has 4 heteroatoms. The van der Waals surface area contributed by atoms with Crippen LogP contribution in [-0.2, 0) is 12.8 Å². The van der Waals surface area contributed by atoms with Crippen LogP contribution in [0, 0.1) is 11.6 Å². The third kappa shape index (κ3) is 2.25. The van der Waals surface area contributed by atoms with Crippen molar-refractivity contribution in [2.45, 2.75) is 26.2 Å². The van der Waals surface area contributed by atoms with Gasteiger partial charge in [-0.3, -0.25) is 0 Å². The van der Waals surface area contributed by atoms with Gasteiger partial charge in [-0.25, -0.2) is 17.6 Å². The van der Waals surface area contributed by atoms with E-state index in [1.54, 1.807) is 6.92 Å². The van der Waals surface area contributed by atoms with Crippen molar-refractivity contribution in [3.8, 4) is 0 Å². The molecule has 0 aliphatic rings. The number of benzene rings is 1. The predicted molar refractivity (Wildman–Crippen MR) is 45.4 cm³/mol. The summed E-state index contributed by atoms with van der Waals surface area (Å²) in [6, 6.07) is 2.09. The Balaban J connectivity index is 3.10. The van der Waals surface area contributed by atoms with Gasteiger partial charge in [-0.2, -0.15) is 0 Å². The van der Waals surface area contributed by atoms with E-state index in [1.807, 2.05) is 0 Å². The Morgan fingerprint density at radius 3 is 2.36 bits per heavy atom. The van der Waals surface area contributed by atoms with E-state index < -0.39 is 24.5 Å². The van der Waals surface area contributed by atoms with Crippen molar-refractivity contribution >= 4 is 0 Å². The highest BCUT2D eigenvalue weighted by molar-refractivity contribution is 5.30. The van der Waals surface area contributed by atoms with Gasteiger partial charge in [0.15, 0.2) is 11.6 Å². The number of alkyl halides is 2. The van der Waals surface area contributed by atoms with Gasteiger partial charge in [-0.15, -0.1) is 0 Å². The zero-order valence-electron chi connectivity index (χ0n) is 7.66. The van der Waals surface area contributed by atoms with E-state index in [0.717, 1.165) is 6.07 Å². The lowest BCUT2D eigenvalue weighted by Gasteiger charge is -2.08. The minimum Gasteiger partial charge on any atom is -0.210 e. The summed E-state index contributed by atoms with van der Waals surface area (Å²) in [6.07, 6.45) is -2.85. The van der Waals surface area contributed by atoms with Crippen molar-refractivity contribution in [3.05, 3.63) is 34.9 Å². The monoisotopic (exact) mass is 206 g/mol. The molecule has 0 aliphatic heterocycles. The van der Waals surface area contributed by atoms with Crippen molar-refractivity contribution in [3.63, 3.8) is 0 Å². The van der Waals surface area contributed by atoms with E-state index in [4.69, 9.17) is 0 Å². The molecule has 0 nitrogen and oxygen atoms in total. The predicted octanol–water partition coefficient (Wildman–Crippen LogP) is 3.33. The molecule has 0 saturated carbocycles. The Morgan fingerprint density at radius 1 is 1.21 bits per heavy atom. The van der Waals surface area contributed by atoms with Gasteiger partial charge in [0.1, 0.15) is 0 Å². The SMILES string of the molecule is CCc1c(CC(F)F)ccc(F)c1F. The van der Waals surface area contributed by atoms with Gasteiger partial charge in [0.05, 0.1) is 0 Å². The summed E-state index contributed by atoms with van der Waals surface area (Å²) >= 11 is 0. The Kier molecular flexibility index (Phi) is 3.49. The second-order valence-corrected chi connectivity index (χ2v) is 2.95. The maximum absolute atomic E-state index is 13.1. The van der Waals surface area contributed by atoms with Crippen LogP contribution in [0.3, 0.4) is 0 Å². The van der Waals surface area contributed by atoms with Gasteiger partial charge in [0.2, 0.25) is 6.43 Å². The molecule has 0 heterocycles. The van der Waals surface area contributed by atoms with Gasteiger partial charge < -0.3 is 0 Å². The molecule has 0 aromatic heterocycles. The number of hydrogen-bond acceptors (Lipinski definition) is 0. The minimum atomic E-state index is -2.54. The van der Waals surface area contributed by atoms with Crippen LogP contribution in [-0.4, -0.2) is 6.43 Å². The average molecular weight is 206 g/mol. The molecule has 0 bridgehead atoms. The molecule has 0 aliphatic carbocycles. The first-order valence-electron chi connectivity index (χ1n) is 4.30. The first-order chi connectivity index (χ1) is 6.56. The van der Waals surface area contributed by atoms with Crippen LogP contribution in [0.5, 0.6) is 0 Å². The molecule has 1 aromatic carbocycles. The second kappa shape index (κ2) is 4.44. The summed E-state index contributed by atoms with van der Waals surface area (Å²) in [5, 5.41) is 0. The van der Waals surface area contributed by atoms with Crippen LogP contribution in [0.1, 0.15) is 18.1 Å². The van der Waals surface area contributed by atoms with Crippen molar-refractivity contribution < 1.29 is 17.6 Å². The third-order valence-corrected chi connectivity index (χ3v) is 2.02. The normalized spacial score (nSPS) is 11.0. The van der Waals surface area contributed by atoms with E-state index in [-0.39, 0.29) is 17.5 Å². The third-order valence-electron chi connectivity index (χ3n) is 2.02. The van der Waals surface area contributed by atoms with E-state index in [9.17, 15) is 17.6 Å². The van der Waals surface area contributed by atoms with Gasteiger partial charge >= 0.3 is 0 Å². The number of rotatable bonds is 3. The van der Waals surface area contributed by atoms with E-state index in [1.165, 1.54) is 6.07 Å². The largest absolute Gasteiger partial charge is 0.242 e. The van der Waals surface area contributed by atoms with Crippen LogP contribution in [0.25, 0.3) is 0 Å². The van der Waals surface area contributed by atoms with E-state index in [0.29, 0.717) is 0 Å². The van der Waals surface area contributed by atoms with Gasteiger partial charge in [0.25, 0.3) is 0 Å². The molecule has 0 saturated heterocycles. The summed E-state index contributed by atoms with van der Waals surface area (Å²) in [4.78, 5) is 0. The van der Waals surface area contributed by atoms with Gasteiger partial charge in [0, 0.05) is 6.42 Å². The molecule has 0 amide bonds. The van der Waals surface area contributed by atoms with Crippen LogP contribution in [0.15, 0.2) is 12.1 Å². The highest BCUT2D eigenvalue weighted by Gasteiger charge is 2.14. The Labute approximate surface area is 79.6 Å². The van der Waals surface area contributed by atoms with Crippen LogP contribution in [0.2, 0.25) is 0 Å². The minimum absolute atomic E-state index is 0.0466. The zero-order valence-corrected chi connectivity index (χ0v) is 7.66. The molecular weight excluding hydrogens is 196 g/mol. The van der Waals surface area contributed by atoms with Crippen LogP contribution in [0.4, 0.5) is 17.6 Å². The van der Waals surface area contributed by atoms with Gasteiger partial charge in [-0.1, -0.05) is 13.0 Å². The first-order valence-corrected chi connectivity index (χ1v) is 4.30. The lowest BCUT2D eigenvalue weighted by atomic mass is 10.0. The van der Waals surface area contributed by atoms with Crippen molar-refractivity contribution in [2.24, 2.45) is 0 Å². The fraction of sp³-hybridized carbons (Fsp3) is 0.400. The molecule has 0 fully saturated rings. The molecule has 78 valence electrons. The zero-order chi connectivity index (χ0) is 10.7. The fourth-order valence-electron chi connectivity index (χ4n) is 1.37. The lowest BCUT2D eigenvalue weighted by Crippen LogP contribution is -2.04. The molecule has 0 atom stereocenters. The highest BCUT2D eigenvalue weighted by Crippen LogP contribution is 2.20. The van der Waals surface area contributed by atoms with Crippen molar-refractivity contribution in [1.82, 2.24) is 0 Å². The van der Waals surface area contributed by atoms with Crippen molar-refractivity contribution in [2.75, 3.05) is 0 Å². The van der Waals surface area contributed by atoms with Crippen molar-refractivity contribution in [1.29, 1.82) is 0 Å². The molecule has 0 spiro atoms. The molecule has 0 radical (unpaired) electrons. The van der Waals surface area contributed by atoms with E-state index in [2.05, 4.69) is 0 Å². The topological polar surface area (TPSA) is 0 Å². The lowest BCUT2D eigenvalue weighted by molar-refractivity contribution is 0.148. The Morgan fingerprint density at radius 2 is 1.86 bits per heavy atom. The Bertz CT molecular complexity index is 320. The quantitative estimate of drug-likeness (QED) is 0.665. The first kappa shape index (κ1) is 11.0. The van der Waals surface area contributed by atoms with Gasteiger partial charge in [-0.05, 0) is 23.6 Å². The summed E-state index contributed by atoms with van der Waals surface area (Å²) in [5.41, 5.74) is 0.228. The van der Waals surface area contributed by atoms with Crippen LogP contribution >= 0.6 is 0 Å². The second-order valence-electron chi connectivity index (χ2n) is 2.95. The molecule has 14 heavy (non-hydrogen) atoms. The summed E-state index contributed by atoms with van der Waals surface area (Å²) in [6.45, 7) is 1.60. The van der Waals surface area contributed by atoms with E-state index >= 15 is 0 Å². The maximum atomic E-state index is 13.1. The molecule has 0 N–H and O–H groups in total. The summed E-state index contributed by atoms with van der Waals surface area (Å²) in [5.74, 6) is -1.99. The maximum Gasteiger partial charge on any atom is 0.242 e. The average Bonchev–Trinajstić information content (AvgIpc) is 2.11. The molecule has 1 aromatic rings. The Hall–Kier alpha value is -1.06. The standard InChI is InChI=1S/C10H10F4/c1-2-7-6(5-9(12)13)3-4-8(11)10(7)14/h3-4,9H,2,5H2,1H3. The smallest absolute Gasteiger partial charge is 0.210 e. The summed E-state index contributed by atoms with van der Waals surface area (Å²) in [7, 11) is 0. The summed E-state index contributed by atoms with van der Waals surface area (Å²) < 4.78 is 49.9. The number of hydrogen-bond donors (Lipinski definition) is 0. The highest BCUT2D eigenvalue weighted by atomic mass is 19.3. The molecular formula is C10H10F4. The number of halogens is 4. The molecule has 1 rings (SSSR count).